The first-order valence-corrected chi connectivity index (χ1v) is 4.82. The average Bonchev–Trinajstić information content (AvgIpc) is 2.31. The molecule has 0 saturated carbocycles. The van der Waals surface area contributed by atoms with Crippen molar-refractivity contribution in [3.8, 4) is 6.07 Å². The molecular weight excluding hydrogens is 233 g/mol. The Morgan fingerprint density at radius 2 is 1.88 bits per heavy atom. The van der Waals surface area contributed by atoms with E-state index in [0.29, 0.717) is 12.1 Å². The van der Waals surface area contributed by atoms with Crippen molar-refractivity contribution < 1.29 is 18.0 Å². The molecule has 1 aromatic rings. The maximum atomic E-state index is 12.9. The fourth-order valence-corrected chi connectivity index (χ4v) is 1.27. The Balaban J connectivity index is 3.09. The molecule has 1 amide bonds. The quantitative estimate of drug-likeness (QED) is 0.601. The van der Waals surface area contributed by atoms with E-state index in [1.54, 1.807) is 13.0 Å². The van der Waals surface area contributed by atoms with Crippen molar-refractivity contribution >= 4 is 5.91 Å². The predicted octanol–water partition coefficient (Wildman–Crippen LogP) is 2.09. The summed E-state index contributed by atoms with van der Waals surface area (Å²) in [5.74, 6) is -5.19. The highest BCUT2D eigenvalue weighted by Crippen LogP contribution is 2.15. The zero-order valence-electron chi connectivity index (χ0n) is 9.01. The van der Waals surface area contributed by atoms with Crippen LogP contribution in [0.1, 0.15) is 17.3 Å². The van der Waals surface area contributed by atoms with Gasteiger partial charge in [0.2, 0.25) is 0 Å². The van der Waals surface area contributed by atoms with Gasteiger partial charge in [-0.15, -0.1) is 0 Å². The molecule has 0 atom stereocenters. The van der Waals surface area contributed by atoms with E-state index in [1.165, 1.54) is 0 Å². The average molecular weight is 242 g/mol. The van der Waals surface area contributed by atoms with Crippen molar-refractivity contribution in [1.82, 2.24) is 4.90 Å². The lowest BCUT2D eigenvalue weighted by Gasteiger charge is -2.17. The Morgan fingerprint density at radius 1 is 1.35 bits per heavy atom. The minimum absolute atomic E-state index is 0.198. The highest BCUT2D eigenvalue weighted by atomic mass is 19.2. The van der Waals surface area contributed by atoms with Crippen molar-refractivity contribution in [2.45, 2.75) is 6.92 Å². The number of hydrogen-bond acceptors (Lipinski definition) is 2. The van der Waals surface area contributed by atoms with Gasteiger partial charge < -0.3 is 4.90 Å². The van der Waals surface area contributed by atoms with Gasteiger partial charge in [-0.05, 0) is 19.1 Å². The van der Waals surface area contributed by atoms with E-state index in [1.807, 2.05) is 0 Å². The number of benzene rings is 1. The molecular formula is C11H9F3N2O. The number of halogens is 3. The van der Waals surface area contributed by atoms with Crippen LogP contribution in [0.4, 0.5) is 13.2 Å². The number of rotatable bonds is 3. The van der Waals surface area contributed by atoms with E-state index in [9.17, 15) is 18.0 Å². The van der Waals surface area contributed by atoms with Crippen molar-refractivity contribution in [2.75, 3.05) is 13.1 Å². The molecule has 0 unspecified atom stereocenters. The van der Waals surface area contributed by atoms with Crippen LogP contribution in [0.2, 0.25) is 0 Å². The van der Waals surface area contributed by atoms with Crippen molar-refractivity contribution in [2.24, 2.45) is 0 Å². The minimum atomic E-state index is -1.62. The monoisotopic (exact) mass is 242 g/mol. The largest absolute Gasteiger partial charge is 0.326 e. The van der Waals surface area contributed by atoms with Crippen molar-refractivity contribution in [3.63, 3.8) is 0 Å². The molecule has 0 spiro atoms. The van der Waals surface area contributed by atoms with Crippen LogP contribution in [0, 0.1) is 28.8 Å². The second-order valence-corrected chi connectivity index (χ2v) is 3.23. The summed E-state index contributed by atoms with van der Waals surface area (Å²) < 4.78 is 38.5. The van der Waals surface area contributed by atoms with Crippen LogP contribution in [0.5, 0.6) is 0 Å². The summed E-state index contributed by atoms with van der Waals surface area (Å²) >= 11 is 0. The SMILES string of the molecule is CCN(CC#N)C(=O)c1cc(F)c(F)c(F)c1. The molecule has 0 N–H and O–H groups in total. The highest BCUT2D eigenvalue weighted by Gasteiger charge is 2.18. The fraction of sp³-hybridized carbons (Fsp3) is 0.273. The molecule has 0 radical (unpaired) electrons. The van der Waals surface area contributed by atoms with Gasteiger partial charge in [0.25, 0.3) is 5.91 Å². The molecule has 0 fully saturated rings. The first-order chi connectivity index (χ1) is 8.01. The van der Waals surface area contributed by atoms with E-state index >= 15 is 0 Å². The summed E-state index contributed by atoms with van der Waals surface area (Å²) in [5, 5.41) is 8.46. The number of nitrogens with zero attached hydrogens (tertiary/aromatic N) is 2. The molecule has 90 valence electrons. The third-order valence-electron chi connectivity index (χ3n) is 2.16. The molecule has 6 heteroatoms. The molecule has 0 aliphatic carbocycles. The van der Waals surface area contributed by atoms with E-state index < -0.39 is 23.4 Å². The van der Waals surface area contributed by atoms with E-state index in [2.05, 4.69) is 0 Å². The zero-order valence-corrected chi connectivity index (χ0v) is 9.01. The third kappa shape index (κ3) is 2.75. The van der Waals surface area contributed by atoms with Gasteiger partial charge in [0, 0.05) is 12.1 Å². The van der Waals surface area contributed by atoms with Crippen LogP contribution in [0.25, 0.3) is 0 Å². The first-order valence-electron chi connectivity index (χ1n) is 4.82. The standard InChI is InChI=1S/C11H9F3N2O/c1-2-16(4-3-15)11(17)7-5-8(12)10(14)9(13)6-7/h5-6H,2,4H2,1H3. The lowest BCUT2D eigenvalue weighted by Crippen LogP contribution is -2.31. The van der Waals surface area contributed by atoms with Crippen molar-refractivity contribution in [3.05, 3.63) is 35.1 Å². The van der Waals surface area contributed by atoms with Gasteiger partial charge in [0.05, 0.1) is 6.07 Å². The van der Waals surface area contributed by atoms with Crippen LogP contribution < -0.4 is 0 Å². The molecule has 0 aliphatic heterocycles. The van der Waals surface area contributed by atoms with Gasteiger partial charge in [-0.3, -0.25) is 4.79 Å². The molecule has 0 saturated heterocycles. The van der Waals surface area contributed by atoms with E-state index in [4.69, 9.17) is 5.26 Å². The summed E-state index contributed by atoms with van der Waals surface area (Å²) in [5.41, 5.74) is -0.321. The van der Waals surface area contributed by atoms with Crippen LogP contribution in [0.3, 0.4) is 0 Å². The Morgan fingerprint density at radius 3 is 2.29 bits per heavy atom. The Labute approximate surface area is 96.1 Å². The summed E-state index contributed by atoms with van der Waals surface area (Å²) in [6.45, 7) is 1.63. The van der Waals surface area contributed by atoms with Gasteiger partial charge in [-0.25, -0.2) is 13.2 Å². The molecule has 3 nitrogen and oxygen atoms in total. The minimum Gasteiger partial charge on any atom is -0.326 e. The molecule has 1 aromatic carbocycles. The Kier molecular flexibility index (Phi) is 4.10. The van der Waals surface area contributed by atoms with Crippen molar-refractivity contribution in [1.29, 1.82) is 5.26 Å². The van der Waals surface area contributed by atoms with Gasteiger partial charge in [-0.2, -0.15) is 5.26 Å². The normalized spacial score (nSPS) is 9.82. The van der Waals surface area contributed by atoms with Crippen LogP contribution in [0.15, 0.2) is 12.1 Å². The van der Waals surface area contributed by atoms with E-state index in [0.717, 1.165) is 4.90 Å². The third-order valence-corrected chi connectivity index (χ3v) is 2.16. The highest BCUT2D eigenvalue weighted by molar-refractivity contribution is 5.94. The molecule has 0 aliphatic rings. The molecule has 0 heterocycles. The molecule has 17 heavy (non-hydrogen) atoms. The van der Waals surface area contributed by atoms with Gasteiger partial charge in [-0.1, -0.05) is 0 Å². The predicted molar refractivity (Wildman–Crippen MR) is 53.5 cm³/mol. The lowest BCUT2D eigenvalue weighted by atomic mass is 10.1. The topological polar surface area (TPSA) is 44.1 Å². The van der Waals surface area contributed by atoms with Crippen LogP contribution in [-0.4, -0.2) is 23.9 Å². The van der Waals surface area contributed by atoms with Gasteiger partial charge >= 0.3 is 0 Å². The summed E-state index contributed by atoms with van der Waals surface area (Å²) in [4.78, 5) is 12.8. The first kappa shape index (κ1) is 13.0. The number of amides is 1. The number of hydrogen-bond donors (Lipinski definition) is 0. The zero-order chi connectivity index (χ0) is 13.0. The number of carbonyl (C=O) groups excluding carboxylic acids is 1. The van der Waals surface area contributed by atoms with Crippen LogP contribution in [-0.2, 0) is 0 Å². The second-order valence-electron chi connectivity index (χ2n) is 3.23. The molecule has 0 aromatic heterocycles. The Hall–Kier alpha value is -2.03. The number of carbonyl (C=O) groups is 1. The maximum absolute atomic E-state index is 12.9. The Bertz CT molecular complexity index is 459. The molecule has 0 bridgehead atoms. The van der Waals surface area contributed by atoms with Crippen LogP contribution >= 0.6 is 0 Å². The number of nitriles is 1. The van der Waals surface area contributed by atoms with E-state index in [-0.39, 0.29) is 18.7 Å². The summed E-state index contributed by atoms with van der Waals surface area (Å²) in [6.07, 6.45) is 0. The molecule has 1 rings (SSSR count). The second kappa shape index (κ2) is 5.34. The summed E-state index contributed by atoms with van der Waals surface area (Å²) in [6, 6.07) is 2.98. The lowest BCUT2D eigenvalue weighted by molar-refractivity contribution is 0.0783. The summed E-state index contributed by atoms with van der Waals surface area (Å²) in [7, 11) is 0. The fourth-order valence-electron chi connectivity index (χ4n) is 1.27. The maximum Gasteiger partial charge on any atom is 0.254 e. The van der Waals surface area contributed by atoms with Gasteiger partial charge in [0.15, 0.2) is 17.5 Å². The smallest absolute Gasteiger partial charge is 0.254 e. The van der Waals surface area contributed by atoms with Gasteiger partial charge in [0.1, 0.15) is 6.54 Å².